The number of thioether (sulfide) groups is 1. The minimum Gasteiger partial charge on any atom is -0.305 e. The SMILES string of the molecule is CCc1ccc(C2CSC3=NN(C)C(c4cccc(F)c4)N3P2)cc1. The monoisotopic (exact) mass is 373 g/mol. The van der Waals surface area contributed by atoms with Crippen molar-refractivity contribution in [3.8, 4) is 0 Å². The Bertz CT molecular complexity index is 796. The molecule has 3 nitrogen and oxygen atoms in total. The van der Waals surface area contributed by atoms with Crippen molar-refractivity contribution in [2.45, 2.75) is 25.2 Å². The van der Waals surface area contributed by atoms with Crippen LogP contribution >= 0.6 is 20.5 Å². The average Bonchev–Trinajstić information content (AvgIpc) is 2.96. The van der Waals surface area contributed by atoms with E-state index < -0.39 is 0 Å². The predicted molar refractivity (Wildman–Crippen MR) is 106 cm³/mol. The molecule has 1 fully saturated rings. The number of hydrogen-bond acceptors (Lipinski definition) is 4. The molecule has 0 aromatic heterocycles. The summed E-state index contributed by atoms with van der Waals surface area (Å²) < 4.78 is 16.0. The summed E-state index contributed by atoms with van der Waals surface area (Å²) in [6.45, 7) is 2.18. The van der Waals surface area contributed by atoms with Crippen molar-refractivity contribution in [1.29, 1.82) is 0 Å². The normalized spacial score (nSPS) is 23.7. The molecule has 3 unspecified atom stereocenters. The summed E-state index contributed by atoms with van der Waals surface area (Å²) in [6, 6.07) is 15.9. The van der Waals surface area contributed by atoms with Crippen LogP contribution in [0.4, 0.5) is 4.39 Å². The highest BCUT2D eigenvalue weighted by molar-refractivity contribution is 8.14. The minimum absolute atomic E-state index is 0.0192. The number of amidine groups is 1. The lowest BCUT2D eigenvalue weighted by molar-refractivity contribution is 0.221. The number of benzene rings is 2. The third-order valence-corrected chi connectivity index (χ3v) is 7.74. The first-order valence-electron chi connectivity index (χ1n) is 8.49. The van der Waals surface area contributed by atoms with Crippen LogP contribution in [0.5, 0.6) is 0 Å². The van der Waals surface area contributed by atoms with Crippen LogP contribution < -0.4 is 0 Å². The van der Waals surface area contributed by atoms with E-state index in [9.17, 15) is 4.39 Å². The number of rotatable bonds is 3. The van der Waals surface area contributed by atoms with E-state index in [0.29, 0.717) is 14.4 Å². The van der Waals surface area contributed by atoms with Gasteiger partial charge in [-0.25, -0.2) is 4.39 Å². The molecule has 0 amide bonds. The average molecular weight is 373 g/mol. The van der Waals surface area contributed by atoms with E-state index >= 15 is 0 Å². The first-order chi connectivity index (χ1) is 12.2. The van der Waals surface area contributed by atoms with Gasteiger partial charge in [0.25, 0.3) is 0 Å². The Kier molecular flexibility index (Phi) is 4.70. The van der Waals surface area contributed by atoms with Crippen LogP contribution in [-0.4, -0.2) is 27.6 Å². The van der Waals surface area contributed by atoms with Crippen LogP contribution in [0.2, 0.25) is 0 Å². The van der Waals surface area contributed by atoms with Gasteiger partial charge in [-0.2, -0.15) is 0 Å². The van der Waals surface area contributed by atoms with Gasteiger partial charge < -0.3 is 4.67 Å². The molecule has 2 aliphatic heterocycles. The first kappa shape index (κ1) is 16.9. The molecule has 6 heteroatoms. The number of halogens is 1. The summed E-state index contributed by atoms with van der Waals surface area (Å²) in [4.78, 5) is 0. The van der Waals surface area contributed by atoms with Crippen molar-refractivity contribution in [2.24, 2.45) is 5.10 Å². The zero-order valence-corrected chi connectivity index (χ0v) is 16.1. The molecule has 4 rings (SSSR count). The highest BCUT2D eigenvalue weighted by Crippen LogP contribution is 2.53. The van der Waals surface area contributed by atoms with Crippen LogP contribution in [0.15, 0.2) is 53.6 Å². The van der Waals surface area contributed by atoms with E-state index in [1.165, 1.54) is 17.2 Å². The molecule has 0 spiro atoms. The van der Waals surface area contributed by atoms with Crippen LogP contribution in [0.1, 0.15) is 35.4 Å². The minimum atomic E-state index is -0.195. The second-order valence-electron chi connectivity index (χ2n) is 6.34. The third-order valence-electron chi connectivity index (χ3n) is 4.66. The number of hydrogen-bond donors (Lipinski definition) is 0. The van der Waals surface area contributed by atoms with Crippen molar-refractivity contribution in [3.63, 3.8) is 0 Å². The van der Waals surface area contributed by atoms with E-state index in [0.717, 1.165) is 22.9 Å². The van der Waals surface area contributed by atoms with Gasteiger partial charge in [-0.05, 0) is 44.0 Å². The van der Waals surface area contributed by atoms with Crippen molar-refractivity contribution in [1.82, 2.24) is 9.68 Å². The number of aryl methyl sites for hydroxylation is 1. The Balaban J connectivity index is 1.59. The highest BCUT2D eigenvalue weighted by atomic mass is 32.2. The lowest BCUT2D eigenvalue weighted by Gasteiger charge is -2.36. The molecule has 130 valence electrons. The van der Waals surface area contributed by atoms with Crippen molar-refractivity contribution >= 4 is 25.7 Å². The zero-order chi connectivity index (χ0) is 17.4. The quantitative estimate of drug-likeness (QED) is 0.707. The molecule has 2 aromatic rings. The van der Waals surface area contributed by atoms with Gasteiger partial charge in [0.1, 0.15) is 12.0 Å². The molecule has 0 radical (unpaired) electrons. The molecule has 2 aliphatic rings. The molecule has 1 saturated heterocycles. The lowest BCUT2D eigenvalue weighted by atomic mass is 10.1. The van der Waals surface area contributed by atoms with Gasteiger partial charge in [-0.3, -0.25) is 5.01 Å². The number of fused-ring (bicyclic) bond motifs is 1. The summed E-state index contributed by atoms with van der Waals surface area (Å²) in [5.74, 6) is 0.849. The van der Waals surface area contributed by atoms with Crippen molar-refractivity contribution in [2.75, 3.05) is 12.8 Å². The van der Waals surface area contributed by atoms with E-state index in [4.69, 9.17) is 0 Å². The number of hydrazone groups is 1. The zero-order valence-electron chi connectivity index (χ0n) is 14.3. The summed E-state index contributed by atoms with van der Waals surface area (Å²) in [6.07, 6.45) is 1.05. The maximum Gasteiger partial charge on any atom is 0.188 e. The van der Waals surface area contributed by atoms with E-state index in [-0.39, 0.29) is 12.0 Å². The second kappa shape index (κ2) is 6.97. The molecule has 2 heterocycles. The Morgan fingerprint density at radius 1 is 1.20 bits per heavy atom. The molecule has 25 heavy (non-hydrogen) atoms. The summed E-state index contributed by atoms with van der Waals surface area (Å²) in [7, 11) is 2.58. The van der Waals surface area contributed by atoms with Gasteiger partial charge in [0.05, 0.1) is 0 Å². The molecular weight excluding hydrogens is 352 g/mol. The predicted octanol–water partition coefficient (Wildman–Crippen LogP) is 4.99. The van der Waals surface area contributed by atoms with Crippen molar-refractivity contribution < 1.29 is 4.39 Å². The molecule has 3 atom stereocenters. The number of nitrogens with zero attached hydrogens (tertiary/aromatic N) is 3. The smallest absolute Gasteiger partial charge is 0.188 e. The van der Waals surface area contributed by atoms with E-state index in [1.807, 2.05) is 18.1 Å². The standard InChI is InChI=1S/C19H21FN3PS/c1-3-13-7-9-14(10-8-13)17-12-25-19-21-22(2)18(23(19)24-17)15-5-4-6-16(20)11-15/h4-11,17-18,24H,3,12H2,1-2H3. The Hall–Kier alpha value is -1.58. The van der Waals surface area contributed by atoms with Crippen molar-refractivity contribution in [3.05, 3.63) is 71.0 Å². The van der Waals surface area contributed by atoms with Gasteiger partial charge in [0.15, 0.2) is 5.17 Å². The fourth-order valence-corrected chi connectivity index (χ4v) is 6.41. The Labute approximate surface area is 154 Å². The maximum atomic E-state index is 13.7. The third kappa shape index (κ3) is 3.28. The van der Waals surface area contributed by atoms with Gasteiger partial charge in [0.2, 0.25) is 0 Å². The van der Waals surface area contributed by atoms with Crippen LogP contribution in [0.25, 0.3) is 0 Å². The van der Waals surface area contributed by atoms with Crippen LogP contribution in [0.3, 0.4) is 0 Å². The Morgan fingerprint density at radius 2 is 2.00 bits per heavy atom. The highest BCUT2D eigenvalue weighted by Gasteiger charge is 2.38. The van der Waals surface area contributed by atoms with E-state index in [1.54, 1.807) is 23.9 Å². The molecule has 2 aromatic carbocycles. The molecule has 0 aliphatic carbocycles. The largest absolute Gasteiger partial charge is 0.305 e. The Morgan fingerprint density at radius 3 is 2.72 bits per heavy atom. The molecular formula is C19H21FN3PS. The summed E-state index contributed by atoms with van der Waals surface area (Å²) in [5, 5.41) is 7.68. The molecule has 0 N–H and O–H groups in total. The van der Waals surface area contributed by atoms with Gasteiger partial charge >= 0.3 is 0 Å². The van der Waals surface area contributed by atoms with Crippen LogP contribution in [-0.2, 0) is 6.42 Å². The second-order valence-corrected chi connectivity index (χ2v) is 8.77. The fraction of sp³-hybridized carbons (Fsp3) is 0.316. The summed E-state index contributed by atoms with van der Waals surface area (Å²) >= 11 is 1.80. The maximum absolute atomic E-state index is 13.7. The molecule has 0 saturated carbocycles. The molecule has 0 bridgehead atoms. The first-order valence-corrected chi connectivity index (χ1v) is 10.5. The fourth-order valence-electron chi connectivity index (χ4n) is 3.29. The van der Waals surface area contributed by atoms with Gasteiger partial charge in [0, 0.05) is 18.5 Å². The topological polar surface area (TPSA) is 18.8 Å². The van der Waals surface area contributed by atoms with Gasteiger partial charge in [-0.1, -0.05) is 55.1 Å². The summed E-state index contributed by atoms with van der Waals surface area (Å²) in [5.41, 5.74) is 4.19. The van der Waals surface area contributed by atoms with Gasteiger partial charge in [-0.15, -0.1) is 5.10 Å². The van der Waals surface area contributed by atoms with E-state index in [2.05, 4.69) is 41.0 Å². The van der Waals surface area contributed by atoms with Crippen LogP contribution in [0, 0.1) is 5.82 Å². The lowest BCUT2D eigenvalue weighted by Crippen LogP contribution is -2.30.